The number of sulfonamides is 1. The minimum absolute atomic E-state index is 0.0578. The van der Waals surface area contributed by atoms with Gasteiger partial charge in [0.25, 0.3) is 0 Å². The Bertz CT molecular complexity index is 1130. The summed E-state index contributed by atoms with van der Waals surface area (Å²) >= 11 is 5.61. The number of imidazole rings is 1. The van der Waals surface area contributed by atoms with Crippen molar-refractivity contribution in [3.05, 3.63) is 64.9 Å². The molecule has 0 spiro atoms. The van der Waals surface area contributed by atoms with E-state index in [0.29, 0.717) is 32.8 Å². The van der Waals surface area contributed by atoms with Gasteiger partial charge in [-0.2, -0.15) is 4.31 Å². The Kier molecular flexibility index (Phi) is 5.37. The Balaban J connectivity index is 1.44. The number of aryl methyl sites for hydroxylation is 1. The fourth-order valence-corrected chi connectivity index (χ4v) is 5.50. The number of para-hydroxylation sites is 2. The highest BCUT2D eigenvalue weighted by Crippen LogP contribution is 2.19. The molecule has 3 aromatic rings. The molecule has 1 aliphatic heterocycles. The van der Waals surface area contributed by atoms with Crippen LogP contribution in [0.3, 0.4) is 0 Å². The second-order valence-corrected chi connectivity index (χ2v) is 9.49. The zero-order valence-corrected chi connectivity index (χ0v) is 17.5. The number of fused-ring (bicyclic) bond motifs is 1. The maximum atomic E-state index is 12.7. The predicted octanol–water partition coefficient (Wildman–Crippen LogP) is 2.81. The highest BCUT2D eigenvalue weighted by Gasteiger charge is 2.27. The van der Waals surface area contributed by atoms with Gasteiger partial charge in [-0.3, -0.25) is 4.90 Å². The van der Waals surface area contributed by atoms with E-state index < -0.39 is 10.0 Å². The third kappa shape index (κ3) is 3.77. The van der Waals surface area contributed by atoms with Crippen LogP contribution in [0.5, 0.6) is 0 Å². The molecule has 1 aliphatic rings. The molecule has 4 rings (SSSR count). The Morgan fingerprint density at radius 3 is 2.18 bits per heavy atom. The van der Waals surface area contributed by atoms with Crippen LogP contribution in [0, 0.1) is 4.77 Å². The zero-order chi connectivity index (χ0) is 19.7. The van der Waals surface area contributed by atoms with Crippen molar-refractivity contribution in [3.8, 4) is 0 Å². The maximum Gasteiger partial charge on any atom is 0.218 e. The standard InChI is InChI=1S/C20H24N4O2S2/c1-21-18-9-5-6-10-19(18)24(20(21)27)16-22-11-13-23(14-12-22)28(25,26)15-17-7-3-2-4-8-17/h2-10H,11-16H2,1H3. The van der Waals surface area contributed by atoms with Crippen molar-refractivity contribution in [3.63, 3.8) is 0 Å². The lowest BCUT2D eigenvalue weighted by Gasteiger charge is -2.34. The Labute approximate surface area is 170 Å². The predicted molar refractivity (Wildman–Crippen MR) is 114 cm³/mol. The van der Waals surface area contributed by atoms with E-state index in [1.165, 1.54) is 0 Å². The fraction of sp³-hybridized carbons (Fsp3) is 0.350. The molecule has 1 saturated heterocycles. The van der Waals surface area contributed by atoms with E-state index in [1.54, 1.807) is 4.31 Å². The number of hydrogen-bond donors (Lipinski definition) is 0. The van der Waals surface area contributed by atoms with Gasteiger partial charge in [-0.15, -0.1) is 0 Å². The van der Waals surface area contributed by atoms with Gasteiger partial charge >= 0.3 is 0 Å². The fourth-order valence-electron chi connectivity index (χ4n) is 3.73. The third-order valence-corrected chi connectivity index (χ3v) is 7.65. The van der Waals surface area contributed by atoms with Gasteiger partial charge in [-0.25, -0.2) is 8.42 Å². The smallest absolute Gasteiger partial charge is 0.218 e. The van der Waals surface area contributed by atoms with E-state index in [1.807, 2.05) is 54.1 Å². The lowest BCUT2D eigenvalue weighted by Crippen LogP contribution is -2.49. The highest BCUT2D eigenvalue weighted by molar-refractivity contribution is 7.88. The molecule has 0 N–H and O–H groups in total. The van der Waals surface area contributed by atoms with Crippen molar-refractivity contribution >= 4 is 33.3 Å². The van der Waals surface area contributed by atoms with Gasteiger partial charge in [-0.05, 0) is 29.9 Å². The van der Waals surface area contributed by atoms with E-state index in [-0.39, 0.29) is 5.75 Å². The molecule has 1 aromatic heterocycles. The van der Waals surface area contributed by atoms with E-state index in [9.17, 15) is 8.42 Å². The first-order valence-electron chi connectivity index (χ1n) is 9.34. The molecule has 1 fully saturated rings. The number of nitrogens with zero attached hydrogens (tertiary/aromatic N) is 4. The van der Waals surface area contributed by atoms with Crippen molar-refractivity contribution in [2.24, 2.45) is 7.05 Å². The molecule has 0 bridgehead atoms. The number of hydrogen-bond acceptors (Lipinski definition) is 4. The van der Waals surface area contributed by atoms with Gasteiger partial charge in [0.05, 0.1) is 23.5 Å². The van der Waals surface area contributed by atoms with Crippen LogP contribution < -0.4 is 0 Å². The molecule has 148 valence electrons. The first-order chi connectivity index (χ1) is 13.5. The molecule has 2 aromatic carbocycles. The highest BCUT2D eigenvalue weighted by atomic mass is 32.2. The molecule has 8 heteroatoms. The summed E-state index contributed by atoms with van der Waals surface area (Å²) in [6, 6.07) is 17.5. The lowest BCUT2D eigenvalue weighted by molar-refractivity contribution is 0.153. The first-order valence-corrected chi connectivity index (χ1v) is 11.4. The molecule has 28 heavy (non-hydrogen) atoms. The third-order valence-electron chi connectivity index (χ3n) is 5.31. The van der Waals surface area contributed by atoms with Gasteiger partial charge in [0.15, 0.2) is 4.77 Å². The molecule has 0 aliphatic carbocycles. The van der Waals surface area contributed by atoms with Crippen molar-refractivity contribution in [1.29, 1.82) is 0 Å². The van der Waals surface area contributed by atoms with E-state index in [4.69, 9.17) is 12.2 Å². The topological polar surface area (TPSA) is 50.5 Å². The summed E-state index contributed by atoms with van der Waals surface area (Å²) in [5.74, 6) is 0.0578. The molecule has 0 saturated carbocycles. The summed E-state index contributed by atoms with van der Waals surface area (Å²) in [4.78, 5) is 2.26. The molecular weight excluding hydrogens is 392 g/mol. The summed E-state index contributed by atoms with van der Waals surface area (Å²) in [5, 5.41) is 0. The molecule has 0 atom stereocenters. The SMILES string of the molecule is Cn1c(=S)n(CN2CCN(S(=O)(=O)Cc3ccccc3)CC2)c2ccccc21. The molecule has 0 unspecified atom stereocenters. The Morgan fingerprint density at radius 1 is 0.893 bits per heavy atom. The summed E-state index contributed by atoms with van der Waals surface area (Å²) in [6.07, 6.45) is 0. The van der Waals surface area contributed by atoms with Gasteiger partial charge in [0.1, 0.15) is 0 Å². The normalized spacial score (nSPS) is 16.6. The van der Waals surface area contributed by atoms with Crippen molar-refractivity contribution in [2.45, 2.75) is 12.4 Å². The van der Waals surface area contributed by atoms with E-state index in [2.05, 4.69) is 21.6 Å². The summed E-state index contributed by atoms with van der Waals surface area (Å²) in [5.41, 5.74) is 3.04. The van der Waals surface area contributed by atoms with Crippen LogP contribution in [0.25, 0.3) is 11.0 Å². The number of rotatable bonds is 5. The summed E-state index contributed by atoms with van der Waals surface area (Å²) in [6.45, 7) is 3.07. The van der Waals surface area contributed by atoms with Gasteiger partial charge in [0.2, 0.25) is 10.0 Å². The first kappa shape index (κ1) is 19.3. The molecular formula is C20H24N4O2S2. The van der Waals surface area contributed by atoms with E-state index in [0.717, 1.165) is 21.4 Å². The average Bonchev–Trinajstić information content (AvgIpc) is 2.94. The van der Waals surface area contributed by atoms with Gasteiger partial charge in [-0.1, -0.05) is 42.5 Å². The van der Waals surface area contributed by atoms with Crippen LogP contribution in [-0.2, 0) is 29.5 Å². The largest absolute Gasteiger partial charge is 0.320 e. The van der Waals surface area contributed by atoms with Crippen LogP contribution in [0.15, 0.2) is 54.6 Å². The summed E-state index contributed by atoms with van der Waals surface area (Å²) in [7, 11) is -1.31. The van der Waals surface area contributed by atoms with Crippen LogP contribution in [-0.4, -0.2) is 52.9 Å². The second kappa shape index (κ2) is 7.79. The Morgan fingerprint density at radius 2 is 1.50 bits per heavy atom. The minimum atomic E-state index is -3.30. The van der Waals surface area contributed by atoms with Crippen LogP contribution in [0.4, 0.5) is 0 Å². The number of aromatic nitrogens is 2. The molecule has 6 nitrogen and oxygen atoms in total. The minimum Gasteiger partial charge on any atom is -0.320 e. The van der Waals surface area contributed by atoms with Crippen molar-refractivity contribution in [1.82, 2.24) is 18.3 Å². The van der Waals surface area contributed by atoms with Gasteiger partial charge in [0, 0.05) is 33.2 Å². The number of benzene rings is 2. The summed E-state index contributed by atoms with van der Waals surface area (Å²) < 4.78 is 32.0. The quantitative estimate of drug-likeness (QED) is 0.600. The van der Waals surface area contributed by atoms with Crippen LogP contribution in [0.2, 0.25) is 0 Å². The molecule has 0 amide bonds. The Hall–Kier alpha value is -2.00. The maximum absolute atomic E-state index is 12.7. The van der Waals surface area contributed by atoms with Crippen molar-refractivity contribution < 1.29 is 8.42 Å². The molecule has 2 heterocycles. The van der Waals surface area contributed by atoms with Gasteiger partial charge < -0.3 is 9.13 Å². The monoisotopic (exact) mass is 416 g/mol. The zero-order valence-electron chi connectivity index (χ0n) is 15.9. The molecule has 0 radical (unpaired) electrons. The number of piperazine rings is 1. The lowest BCUT2D eigenvalue weighted by atomic mass is 10.2. The van der Waals surface area contributed by atoms with E-state index >= 15 is 0 Å². The van der Waals surface area contributed by atoms with Crippen molar-refractivity contribution in [2.75, 3.05) is 26.2 Å². The van der Waals surface area contributed by atoms with Crippen LogP contribution >= 0.6 is 12.2 Å². The van der Waals surface area contributed by atoms with Crippen LogP contribution in [0.1, 0.15) is 5.56 Å². The average molecular weight is 417 g/mol. The second-order valence-electron chi connectivity index (χ2n) is 7.16.